The maximum absolute atomic E-state index is 15.0. The third-order valence-electron chi connectivity index (χ3n) is 5.28. The molecule has 0 atom stereocenters. The van der Waals surface area contributed by atoms with E-state index in [1.165, 1.54) is 47.3 Å². The van der Waals surface area contributed by atoms with Crippen molar-refractivity contribution in [3.8, 4) is 23.0 Å². The number of hydrogen-bond acceptors (Lipinski definition) is 14. The molecule has 214 valence electrons. The van der Waals surface area contributed by atoms with E-state index in [4.69, 9.17) is 23.1 Å². The van der Waals surface area contributed by atoms with Gasteiger partial charge in [0, 0.05) is 17.8 Å². The molecule has 3 heterocycles. The first-order chi connectivity index (χ1) is 20.1. The number of benzene rings is 1. The average Bonchev–Trinajstić information content (AvgIpc) is 2.94. The van der Waals surface area contributed by atoms with Crippen molar-refractivity contribution in [2.24, 2.45) is 0 Å². The van der Waals surface area contributed by atoms with Crippen molar-refractivity contribution in [3.63, 3.8) is 0 Å². The number of phosphoric acid groups is 1. The molecule has 0 spiro atoms. The van der Waals surface area contributed by atoms with Crippen molar-refractivity contribution in [1.29, 1.82) is 0 Å². The summed E-state index contributed by atoms with van der Waals surface area (Å²) in [7, 11) is -1.33. The van der Waals surface area contributed by atoms with Gasteiger partial charge in [-0.25, -0.2) is 14.4 Å². The second-order valence-electron chi connectivity index (χ2n) is 8.40. The predicted molar refractivity (Wildman–Crippen MR) is 135 cm³/mol. The number of carbonyl (C=O) groups is 1. The molecule has 2 N–H and O–H groups in total. The van der Waals surface area contributed by atoms with E-state index in [2.05, 4.69) is 30.1 Å². The molecule has 0 bridgehead atoms. The van der Waals surface area contributed by atoms with Crippen molar-refractivity contribution < 1.29 is 110 Å². The second kappa shape index (κ2) is 14.5. The molecule has 0 saturated carbocycles. The van der Waals surface area contributed by atoms with E-state index in [0.29, 0.717) is 16.3 Å². The van der Waals surface area contributed by atoms with Gasteiger partial charge in [-0.2, -0.15) is 4.98 Å². The fraction of sp³-hybridized carbons (Fsp3) is 0.304. The molecular weight excluding hydrogens is 600 g/mol. The van der Waals surface area contributed by atoms with E-state index in [-0.39, 0.29) is 76.6 Å². The summed E-state index contributed by atoms with van der Waals surface area (Å²) in [5.41, 5.74) is -1.35. The van der Waals surface area contributed by atoms with E-state index in [0.717, 1.165) is 0 Å². The van der Waals surface area contributed by atoms with Gasteiger partial charge in [0.2, 0.25) is 11.7 Å². The molecule has 19 heteroatoms. The molecule has 4 rings (SSSR count). The molecule has 0 aliphatic carbocycles. The molecule has 0 fully saturated rings. The molecule has 1 aliphatic heterocycles. The number of carbonyl (C=O) groups excluding carboxylic acids is 1. The van der Waals surface area contributed by atoms with Gasteiger partial charge in [0.25, 0.3) is 5.91 Å². The van der Waals surface area contributed by atoms with Crippen LogP contribution in [0.15, 0.2) is 30.4 Å². The number of hydrogen-bond donors (Lipinski definition) is 2. The number of nitrogens with zero attached hydrogens (tertiary/aromatic N) is 4. The van der Waals surface area contributed by atoms with Gasteiger partial charge in [-0.3, -0.25) is 9.69 Å². The third-order valence-corrected chi connectivity index (χ3v) is 5.71. The Hall–Kier alpha value is -2.24. The van der Waals surface area contributed by atoms with Crippen molar-refractivity contribution in [1.82, 2.24) is 15.0 Å². The van der Waals surface area contributed by atoms with E-state index in [1.807, 2.05) is 0 Å². The Kier molecular flexibility index (Phi) is 10.8. The maximum atomic E-state index is 15.0. The Balaban J connectivity index is 0.00000353. The Morgan fingerprint density at radius 2 is 1.74 bits per heavy atom. The number of anilines is 5. The number of pyridine rings is 1. The van der Waals surface area contributed by atoms with Crippen LogP contribution < -0.4 is 103 Å². The Morgan fingerprint density at radius 1 is 1.10 bits per heavy atom. The molecule has 1 aromatic carbocycles. The summed E-state index contributed by atoms with van der Waals surface area (Å²) >= 11 is 0. The van der Waals surface area contributed by atoms with E-state index < -0.39 is 73.3 Å². The normalized spacial score (nSPS) is 14.5. The molecular formula is C23H24FN6Na2O9P. The zero-order valence-corrected chi connectivity index (χ0v) is 28.5. The Labute approximate surface area is 288 Å². The zero-order chi connectivity index (χ0) is 31.9. The van der Waals surface area contributed by atoms with Crippen LogP contribution in [0.1, 0.15) is 18.0 Å². The molecule has 0 saturated heterocycles. The maximum Gasteiger partial charge on any atom is 1.00 e. The van der Waals surface area contributed by atoms with Crippen LogP contribution in [-0.4, -0.2) is 54.5 Å². The van der Waals surface area contributed by atoms with Gasteiger partial charge in [0.05, 0.1) is 39.4 Å². The smallest absolute Gasteiger partial charge is 0.790 e. The van der Waals surface area contributed by atoms with Crippen LogP contribution in [0.5, 0.6) is 23.0 Å². The number of nitrogens with one attached hydrogen (secondary N) is 2. The minimum absolute atomic E-state index is 0. The molecule has 15 nitrogen and oxygen atoms in total. The van der Waals surface area contributed by atoms with Crippen molar-refractivity contribution in [2.75, 3.05) is 43.6 Å². The van der Waals surface area contributed by atoms with Crippen LogP contribution in [-0.2, 0) is 13.9 Å². The number of fused-ring (bicyclic) bond motifs is 1. The predicted octanol–water partition coefficient (Wildman–Crippen LogP) is -4.16. The van der Waals surface area contributed by atoms with Crippen LogP contribution in [0.3, 0.4) is 0 Å². The number of amides is 1. The van der Waals surface area contributed by atoms with Crippen LogP contribution >= 0.6 is 7.82 Å². The first-order valence-corrected chi connectivity index (χ1v) is 12.6. The first kappa shape index (κ1) is 31.2. The van der Waals surface area contributed by atoms with Crippen molar-refractivity contribution in [2.45, 2.75) is 19.4 Å². The fourth-order valence-corrected chi connectivity index (χ4v) is 3.76. The van der Waals surface area contributed by atoms with Crippen molar-refractivity contribution >= 4 is 42.8 Å². The third kappa shape index (κ3) is 8.23. The Bertz CT molecular complexity index is 1630. The second-order valence-corrected chi connectivity index (χ2v) is 9.55. The molecule has 3 aromatic rings. The van der Waals surface area contributed by atoms with Gasteiger partial charge < -0.3 is 48.5 Å². The molecule has 0 unspecified atom stereocenters. The topological polar surface area (TPSA) is 192 Å². The molecule has 42 heavy (non-hydrogen) atoms. The zero-order valence-electron chi connectivity index (χ0n) is 26.7. The number of aromatic nitrogens is 3. The summed E-state index contributed by atoms with van der Waals surface area (Å²) in [4.78, 5) is 47.6. The van der Waals surface area contributed by atoms with Gasteiger partial charge in [-0.15, -0.1) is 0 Å². The minimum atomic E-state index is -5.54. The van der Waals surface area contributed by atoms with Gasteiger partial charge in [0.15, 0.2) is 40.3 Å². The molecule has 1 amide bonds. The number of halogens is 1. The van der Waals surface area contributed by atoms with E-state index in [1.54, 1.807) is 0 Å². The van der Waals surface area contributed by atoms with Crippen LogP contribution in [0, 0.1) is 5.82 Å². The monoisotopic (exact) mass is 627 g/mol. The standard InChI is InChI=1S/C23H26FN6O9P.2Na/c1-23(2)21(31)30(11-38-40(32,33)34)20-14(39-23)6-7-17(28-20)27-19-13(24)10-25-22(29-19)26-12-8-15(35-3)18(37-5)16(9-12)36-4;;/h6-10H,11H2,1-5H3,(H2,32,33,34)(H2,25,26,27,28,29);;/q;2*+1/p-2/i6D,7D,10D;;. The summed E-state index contributed by atoms with van der Waals surface area (Å²) in [5, 5.41) is 5.19. The van der Waals surface area contributed by atoms with Crippen molar-refractivity contribution in [3.05, 3.63) is 36.2 Å². The largest absolute Gasteiger partial charge is 1.00 e. The number of phosphoric ester groups is 1. The summed E-state index contributed by atoms with van der Waals surface area (Å²) < 4.78 is 76.5. The van der Waals surface area contributed by atoms with E-state index >= 15 is 4.39 Å². The summed E-state index contributed by atoms with van der Waals surface area (Å²) in [6, 6.07) is 1.75. The fourth-order valence-electron chi connectivity index (χ4n) is 3.51. The number of methoxy groups -OCH3 is 3. The van der Waals surface area contributed by atoms with Crippen LogP contribution in [0.25, 0.3) is 0 Å². The quantitative estimate of drug-likeness (QED) is 0.163. The summed E-state index contributed by atoms with van der Waals surface area (Å²) in [5.74, 6) is -3.65. The van der Waals surface area contributed by atoms with E-state index in [9.17, 15) is 19.1 Å². The van der Waals surface area contributed by atoms with Gasteiger partial charge >= 0.3 is 59.1 Å². The molecule has 0 radical (unpaired) electrons. The summed E-state index contributed by atoms with van der Waals surface area (Å²) in [6.45, 7) is 1.51. The van der Waals surface area contributed by atoms with Gasteiger partial charge in [-0.1, -0.05) is 0 Å². The summed E-state index contributed by atoms with van der Waals surface area (Å²) in [6.07, 6.45) is -0.861. The number of rotatable bonds is 10. The first-order valence-electron chi connectivity index (χ1n) is 12.7. The van der Waals surface area contributed by atoms with Gasteiger partial charge in [-0.05, 0) is 25.9 Å². The average molecular weight is 627 g/mol. The van der Waals surface area contributed by atoms with Gasteiger partial charge in [0.1, 0.15) is 12.5 Å². The Morgan fingerprint density at radius 3 is 2.31 bits per heavy atom. The molecule has 1 aliphatic rings. The molecule has 2 aromatic heterocycles. The number of ether oxygens (including phenoxy) is 4. The SMILES string of the molecule is [2H]c1nc(Nc2cc(OC)c(OC)c(OC)c2)nc(Nc2nc3c(c([2H])c2[2H])OC(C)(C)C(=O)N3COP(=O)([O-])[O-])c1F.[Na+].[Na+]. The van der Waals surface area contributed by atoms with Crippen LogP contribution in [0.2, 0.25) is 0 Å². The van der Waals surface area contributed by atoms with Crippen LogP contribution in [0.4, 0.5) is 33.5 Å². The minimum Gasteiger partial charge on any atom is -0.790 e.